The monoisotopic (exact) mass is 264 g/mol. The van der Waals surface area contributed by atoms with E-state index in [9.17, 15) is 0 Å². The van der Waals surface area contributed by atoms with E-state index in [0.29, 0.717) is 6.04 Å². The molecule has 1 aliphatic carbocycles. The van der Waals surface area contributed by atoms with Crippen LogP contribution in [0.25, 0.3) is 6.08 Å². The normalized spacial score (nSPS) is 16.4. The van der Waals surface area contributed by atoms with Gasteiger partial charge >= 0.3 is 0 Å². The molecule has 1 aromatic rings. The molecule has 2 heteroatoms. The third kappa shape index (κ3) is 2.64. The summed E-state index contributed by atoms with van der Waals surface area (Å²) in [7, 11) is 0. The van der Waals surface area contributed by atoms with Crippen LogP contribution in [0.15, 0.2) is 66.0 Å². The number of nitrogens with one attached hydrogen (secondary N) is 1. The van der Waals surface area contributed by atoms with E-state index in [2.05, 4.69) is 55.3 Å². The number of rotatable bonds is 1. The van der Waals surface area contributed by atoms with Crippen molar-refractivity contribution < 1.29 is 9.73 Å². The lowest BCUT2D eigenvalue weighted by atomic mass is 10.0. The van der Waals surface area contributed by atoms with E-state index < -0.39 is 0 Å². The molecule has 0 fully saturated rings. The van der Waals surface area contributed by atoms with Crippen molar-refractivity contribution in [2.45, 2.75) is 19.9 Å². The minimum atomic E-state index is 0.436. The van der Waals surface area contributed by atoms with Crippen LogP contribution in [0.4, 0.5) is 0 Å². The van der Waals surface area contributed by atoms with Gasteiger partial charge < -0.3 is 4.74 Å². The molecule has 100 valence electrons. The van der Waals surface area contributed by atoms with Gasteiger partial charge in [0, 0.05) is 23.3 Å². The molecule has 1 heterocycles. The van der Waals surface area contributed by atoms with Gasteiger partial charge in [-0.1, -0.05) is 18.2 Å². The molecule has 0 radical (unpaired) electrons. The van der Waals surface area contributed by atoms with Crippen molar-refractivity contribution in [1.29, 1.82) is 0 Å². The van der Waals surface area contributed by atoms with Crippen LogP contribution >= 0.6 is 0 Å². The molecular weight excluding hydrogens is 246 g/mol. The summed E-state index contributed by atoms with van der Waals surface area (Å²) in [5, 5.41) is 0. The van der Waals surface area contributed by atoms with Gasteiger partial charge in [0.2, 0.25) is 0 Å². The van der Waals surface area contributed by atoms with Crippen LogP contribution in [-0.4, -0.2) is 11.8 Å². The number of hydrogen-bond donors (Lipinski definition) is 1. The van der Waals surface area contributed by atoms with E-state index in [-0.39, 0.29) is 0 Å². The summed E-state index contributed by atoms with van der Waals surface area (Å²) in [5.41, 5.74) is 3.34. The van der Waals surface area contributed by atoms with Crippen LogP contribution in [0.5, 0.6) is 5.75 Å². The quantitative estimate of drug-likeness (QED) is 0.827. The van der Waals surface area contributed by atoms with Gasteiger partial charge in [0.1, 0.15) is 17.6 Å². The van der Waals surface area contributed by atoms with Gasteiger partial charge in [-0.25, -0.2) is 4.99 Å². The third-order valence-corrected chi connectivity index (χ3v) is 3.18. The third-order valence-electron chi connectivity index (χ3n) is 3.18. The first-order valence-corrected chi connectivity index (χ1v) is 6.91. The average Bonchev–Trinajstić information content (AvgIpc) is 2.47. The van der Waals surface area contributed by atoms with Crippen LogP contribution in [-0.2, 0) is 0 Å². The van der Waals surface area contributed by atoms with Crippen molar-refractivity contribution >= 4 is 11.8 Å². The highest BCUT2D eigenvalue weighted by molar-refractivity contribution is 6.01. The minimum Gasteiger partial charge on any atom is -0.456 e. The molecule has 0 saturated carbocycles. The fourth-order valence-electron chi connectivity index (χ4n) is 2.25. The van der Waals surface area contributed by atoms with E-state index in [0.717, 1.165) is 28.4 Å². The topological polar surface area (TPSA) is 23.2 Å². The Bertz CT molecular complexity index is 654. The highest BCUT2D eigenvalue weighted by Gasteiger charge is 2.13. The van der Waals surface area contributed by atoms with Crippen molar-refractivity contribution in [2.24, 2.45) is 0 Å². The molecule has 20 heavy (non-hydrogen) atoms. The summed E-state index contributed by atoms with van der Waals surface area (Å²) in [5.74, 6) is 1.80. The number of para-hydroxylation sites is 1. The van der Waals surface area contributed by atoms with Gasteiger partial charge in [0.15, 0.2) is 5.71 Å². The van der Waals surface area contributed by atoms with E-state index >= 15 is 0 Å². The zero-order valence-corrected chi connectivity index (χ0v) is 11.8. The zero-order chi connectivity index (χ0) is 13.9. The molecule has 0 amide bonds. The number of hydrogen-bond acceptors (Lipinski definition) is 1. The molecule has 0 bridgehead atoms. The summed E-state index contributed by atoms with van der Waals surface area (Å²) < 4.78 is 5.95. The van der Waals surface area contributed by atoms with Gasteiger partial charge in [0.25, 0.3) is 0 Å². The maximum atomic E-state index is 5.95. The second-order valence-electron chi connectivity index (χ2n) is 5.21. The fraction of sp³-hybridized carbons (Fsp3) is 0.167. The summed E-state index contributed by atoms with van der Waals surface area (Å²) in [6.07, 6.45) is 12.4. The summed E-state index contributed by atoms with van der Waals surface area (Å²) >= 11 is 0. The maximum absolute atomic E-state index is 5.95. The average molecular weight is 264 g/mol. The smallest absolute Gasteiger partial charge is 0.198 e. The van der Waals surface area contributed by atoms with Gasteiger partial charge in [-0.15, -0.1) is 0 Å². The van der Waals surface area contributed by atoms with Crippen molar-refractivity contribution in [1.82, 2.24) is 0 Å². The number of fused-ring (bicyclic) bond motifs is 1. The highest BCUT2D eigenvalue weighted by Crippen LogP contribution is 2.29. The molecule has 1 aliphatic heterocycles. The first-order valence-electron chi connectivity index (χ1n) is 6.91. The van der Waals surface area contributed by atoms with Gasteiger partial charge in [-0.05, 0) is 44.2 Å². The number of ether oxygens (including phenoxy) is 1. The molecular formula is C18H18NO+. The second kappa shape index (κ2) is 5.33. The molecule has 0 unspecified atom stereocenters. The predicted molar refractivity (Wildman–Crippen MR) is 82.5 cm³/mol. The molecule has 0 spiro atoms. The lowest BCUT2D eigenvalue weighted by Crippen LogP contribution is -2.77. The highest BCUT2D eigenvalue weighted by atomic mass is 16.5. The van der Waals surface area contributed by atoms with Gasteiger partial charge in [-0.2, -0.15) is 0 Å². The van der Waals surface area contributed by atoms with E-state index in [1.54, 1.807) is 0 Å². The Hall–Kier alpha value is -2.35. The second-order valence-corrected chi connectivity index (χ2v) is 5.21. The molecule has 3 rings (SSSR count). The number of benzene rings is 1. The minimum absolute atomic E-state index is 0.436. The van der Waals surface area contributed by atoms with E-state index in [1.807, 2.05) is 24.3 Å². The summed E-state index contributed by atoms with van der Waals surface area (Å²) in [6, 6.07) is 8.49. The molecule has 2 aliphatic rings. The van der Waals surface area contributed by atoms with Crippen LogP contribution in [0.2, 0.25) is 0 Å². The lowest BCUT2D eigenvalue weighted by Gasteiger charge is -2.16. The van der Waals surface area contributed by atoms with Crippen LogP contribution in [0.1, 0.15) is 19.4 Å². The van der Waals surface area contributed by atoms with E-state index in [4.69, 9.17) is 4.74 Å². The molecule has 2 nitrogen and oxygen atoms in total. The maximum Gasteiger partial charge on any atom is 0.198 e. The summed E-state index contributed by atoms with van der Waals surface area (Å²) in [4.78, 5) is 3.38. The summed E-state index contributed by atoms with van der Waals surface area (Å²) in [6.45, 7) is 4.26. The molecule has 0 saturated heterocycles. The Morgan fingerprint density at radius 3 is 2.40 bits per heavy atom. The number of allylic oxidation sites excluding steroid dienone is 6. The van der Waals surface area contributed by atoms with Crippen molar-refractivity contribution in [3.05, 3.63) is 71.5 Å². The Kier molecular flexibility index (Phi) is 3.38. The Morgan fingerprint density at radius 2 is 1.65 bits per heavy atom. The van der Waals surface area contributed by atoms with E-state index in [1.165, 1.54) is 0 Å². The molecule has 0 aromatic heterocycles. The lowest BCUT2D eigenvalue weighted by molar-refractivity contribution is -0.491. The van der Waals surface area contributed by atoms with Gasteiger partial charge in [-0.3, -0.25) is 0 Å². The Labute approximate surface area is 119 Å². The van der Waals surface area contributed by atoms with Crippen LogP contribution < -0.4 is 9.73 Å². The standard InChI is InChI=1S/C18H17NO/c1-13(2)19-16-10-7-15(8-11-16)18-12-9-14-5-3-4-6-17(14)20-18/h3-13H,1-2H3/p+1. The van der Waals surface area contributed by atoms with Crippen molar-refractivity contribution in [2.75, 3.05) is 0 Å². The molecule has 0 atom stereocenters. The van der Waals surface area contributed by atoms with Crippen LogP contribution in [0.3, 0.4) is 0 Å². The van der Waals surface area contributed by atoms with Crippen molar-refractivity contribution in [3.63, 3.8) is 0 Å². The zero-order valence-electron chi connectivity index (χ0n) is 11.8. The van der Waals surface area contributed by atoms with Crippen LogP contribution in [0, 0.1) is 0 Å². The fourth-order valence-corrected chi connectivity index (χ4v) is 2.25. The molecule has 1 N–H and O–H groups in total. The Balaban J connectivity index is 1.87. The largest absolute Gasteiger partial charge is 0.456 e. The van der Waals surface area contributed by atoms with Gasteiger partial charge in [0.05, 0.1) is 0 Å². The van der Waals surface area contributed by atoms with Crippen molar-refractivity contribution in [3.8, 4) is 5.75 Å². The SMILES string of the molecule is CC(C)[NH+]=C1C=CC(=C2C=Cc3ccccc3O2)C=C1. The Morgan fingerprint density at radius 1 is 0.900 bits per heavy atom. The first kappa shape index (κ1) is 12.7. The first-order chi connectivity index (χ1) is 9.72. The molecule has 1 aromatic carbocycles. The predicted octanol–water partition coefficient (Wildman–Crippen LogP) is 2.40.